The molecule has 5 aliphatic rings. The fourth-order valence-corrected chi connectivity index (χ4v) is 7.61. The van der Waals surface area contributed by atoms with Crippen LogP contribution in [0.2, 0.25) is 0 Å². The number of carbonyl (C=O) groups excluding carboxylic acids is 2. The zero-order valence-corrected chi connectivity index (χ0v) is 20.8. The van der Waals surface area contributed by atoms with Crippen LogP contribution in [0.1, 0.15) is 56.8 Å². The summed E-state index contributed by atoms with van der Waals surface area (Å²) in [7, 11) is 0. The van der Waals surface area contributed by atoms with Crippen molar-refractivity contribution in [3.8, 4) is 0 Å². The van der Waals surface area contributed by atoms with Gasteiger partial charge in [-0.2, -0.15) is 0 Å². The van der Waals surface area contributed by atoms with E-state index in [9.17, 15) is 14.4 Å². The molecule has 3 unspecified atom stereocenters. The number of aryl methyl sites for hydroxylation is 1. The van der Waals surface area contributed by atoms with Gasteiger partial charge in [-0.25, -0.2) is 4.98 Å². The molecule has 0 radical (unpaired) electrons. The Morgan fingerprint density at radius 2 is 1.89 bits per heavy atom. The van der Waals surface area contributed by atoms with E-state index in [2.05, 4.69) is 20.9 Å². The highest BCUT2D eigenvalue weighted by Crippen LogP contribution is 2.60. The number of ether oxygens (including phenoxy) is 1. The zero-order valence-electron chi connectivity index (χ0n) is 20.8. The molecule has 4 saturated carbocycles. The molecular formula is C27H35N5O4. The zero-order chi connectivity index (χ0) is 24.9. The lowest BCUT2D eigenvalue weighted by Crippen LogP contribution is -2.47. The second kappa shape index (κ2) is 9.27. The molecule has 3 atom stereocenters. The number of rotatable bonds is 9. The summed E-state index contributed by atoms with van der Waals surface area (Å²) in [5, 5.41) is 9.96. The van der Waals surface area contributed by atoms with Gasteiger partial charge in [-0.3, -0.25) is 24.3 Å². The van der Waals surface area contributed by atoms with Gasteiger partial charge in [0.25, 0.3) is 5.56 Å². The van der Waals surface area contributed by atoms with Gasteiger partial charge in [-0.1, -0.05) is 6.07 Å². The molecule has 4 bridgehead atoms. The maximum Gasteiger partial charge on any atom is 0.264 e. The lowest BCUT2D eigenvalue weighted by Gasteiger charge is -2.34. The smallest absolute Gasteiger partial charge is 0.264 e. The molecule has 192 valence electrons. The van der Waals surface area contributed by atoms with Crippen LogP contribution in [0.3, 0.4) is 0 Å². The Morgan fingerprint density at radius 1 is 1.11 bits per heavy atom. The minimum atomic E-state index is -0.735. The van der Waals surface area contributed by atoms with Gasteiger partial charge in [-0.15, -0.1) is 0 Å². The first-order chi connectivity index (χ1) is 17.4. The van der Waals surface area contributed by atoms with E-state index in [1.807, 2.05) is 12.1 Å². The first kappa shape index (κ1) is 23.6. The van der Waals surface area contributed by atoms with Crippen molar-refractivity contribution in [1.29, 1.82) is 0 Å². The van der Waals surface area contributed by atoms with E-state index in [0.29, 0.717) is 54.1 Å². The minimum Gasteiger partial charge on any atom is -0.382 e. The number of hydrogen-bond donors (Lipinski definition) is 3. The molecular weight excluding hydrogens is 458 g/mol. The van der Waals surface area contributed by atoms with Gasteiger partial charge < -0.3 is 15.4 Å². The maximum absolute atomic E-state index is 13.5. The first-order valence-corrected chi connectivity index (χ1v) is 13.4. The summed E-state index contributed by atoms with van der Waals surface area (Å²) in [6, 6.07) is 4.78. The second-order valence-corrected chi connectivity index (χ2v) is 11.2. The van der Waals surface area contributed by atoms with E-state index < -0.39 is 11.9 Å². The third kappa shape index (κ3) is 4.12. The number of nitrogens with one attached hydrogen (secondary N) is 3. The standard InChI is InChI=1S/C27H35N5O4/c1-16-30-21-4-2-3-20(24(21)26(35)32(16)22-5-6-23(33)31-25(22)34)28-7-9-36-10-8-29-27-14-17-11-18(15-27)13-19(27)12-17/h2-4,17-19,22,28-29H,5-15H2,1H3,(H,31,33,34). The largest absolute Gasteiger partial charge is 0.382 e. The lowest BCUT2D eigenvalue weighted by molar-refractivity contribution is -0.135. The van der Waals surface area contributed by atoms with Gasteiger partial charge in [0.05, 0.1) is 24.1 Å². The van der Waals surface area contributed by atoms with E-state index in [1.165, 1.54) is 36.7 Å². The Bertz CT molecular complexity index is 1240. The predicted molar refractivity (Wildman–Crippen MR) is 136 cm³/mol. The number of carbonyl (C=O) groups is 2. The highest BCUT2D eigenvalue weighted by molar-refractivity contribution is 5.99. The summed E-state index contributed by atoms with van der Waals surface area (Å²) >= 11 is 0. The number of piperidine rings is 1. The molecule has 2 heterocycles. The third-order valence-electron chi connectivity index (χ3n) is 8.90. The molecule has 5 fully saturated rings. The monoisotopic (exact) mass is 493 g/mol. The van der Waals surface area contributed by atoms with E-state index in [4.69, 9.17) is 4.74 Å². The van der Waals surface area contributed by atoms with Gasteiger partial charge >= 0.3 is 0 Å². The molecule has 1 saturated heterocycles. The lowest BCUT2D eigenvalue weighted by atomic mass is 9.80. The fourth-order valence-electron chi connectivity index (χ4n) is 7.61. The summed E-state index contributed by atoms with van der Waals surface area (Å²) in [6.45, 7) is 4.35. The second-order valence-electron chi connectivity index (χ2n) is 11.2. The van der Waals surface area contributed by atoms with E-state index >= 15 is 0 Å². The molecule has 1 aliphatic heterocycles. The number of nitrogens with zero attached hydrogens (tertiary/aromatic N) is 2. The van der Waals surface area contributed by atoms with Crippen molar-refractivity contribution in [2.45, 2.75) is 63.5 Å². The Labute approximate surface area is 210 Å². The Morgan fingerprint density at radius 3 is 2.67 bits per heavy atom. The van der Waals surface area contributed by atoms with Crippen LogP contribution in [0.25, 0.3) is 10.9 Å². The van der Waals surface area contributed by atoms with Crippen molar-refractivity contribution in [1.82, 2.24) is 20.2 Å². The first-order valence-electron chi connectivity index (χ1n) is 13.4. The topological polar surface area (TPSA) is 114 Å². The van der Waals surface area contributed by atoms with Crippen LogP contribution in [0.4, 0.5) is 5.69 Å². The number of imide groups is 1. The minimum absolute atomic E-state index is 0.204. The highest BCUT2D eigenvalue weighted by Gasteiger charge is 2.57. The number of anilines is 1. The van der Waals surface area contributed by atoms with Crippen molar-refractivity contribution < 1.29 is 14.3 Å². The molecule has 4 aliphatic carbocycles. The van der Waals surface area contributed by atoms with E-state index in [1.54, 1.807) is 13.0 Å². The molecule has 3 N–H and O–H groups in total. The number of amides is 2. The van der Waals surface area contributed by atoms with E-state index in [-0.39, 0.29) is 17.9 Å². The van der Waals surface area contributed by atoms with Gasteiger partial charge in [0, 0.05) is 30.7 Å². The molecule has 1 aromatic carbocycles. The fraction of sp³-hybridized carbons (Fsp3) is 0.630. The quantitative estimate of drug-likeness (QED) is 0.363. The van der Waals surface area contributed by atoms with Crippen LogP contribution in [-0.2, 0) is 14.3 Å². The summed E-state index contributed by atoms with van der Waals surface area (Å²) in [6.07, 6.45) is 7.47. The average Bonchev–Trinajstić information content (AvgIpc) is 3.22. The number of benzene rings is 1. The molecule has 7 rings (SSSR count). The normalized spacial score (nSPS) is 30.8. The molecule has 9 nitrogen and oxygen atoms in total. The van der Waals surface area contributed by atoms with Gasteiger partial charge in [0.1, 0.15) is 11.9 Å². The number of fused-ring (bicyclic) bond motifs is 1. The van der Waals surface area contributed by atoms with Crippen molar-refractivity contribution in [2.24, 2.45) is 17.8 Å². The van der Waals surface area contributed by atoms with Gasteiger partial charge in [0.15, 0.2) is 0 Å². The molecule has 1 aromatic heterocycles. The Balaban J connectivity index is 1.06. The Hall–Kier alpha value is -2.78. The SMILES string of the molecule is Cc1nc2cccc(NCCOCCNC34CC5CC(CC3C5)C4)c2c(=O)n1C1CCC(=O)NC1=O. The van der Waals surface area contributed by atoms with Crippen LogP contribution in [0.15, 0.2) is 23.0 Å². The molecule has 0 spiro atoms. The summed E-state index contributed by atoms with van der Waals surface area (Å²) in [5.41, 5.74) is 1.35. The molecule has 36 heavy (non-hydrogen) atoms. The molecule has 2 aromatic rings. The Kier molecular flexibility index (Phi) is 6.08. The van der Waals surface area contributed by atoms with Crippen LogP contribution in [0, 0.1) is 24.7 Å². The summed E-state index contributed by atoms with van der Waals surface area (Å²) in [5.74, 6) is 2.45. The van der Waals surface area contributed by atoms with Gasteiger partial charge in [-0.05, 0) is 75.3 Å². The summed E-state index contributed by atoms with van der Waals surface area (Å²) < 4.78 is 7.31. The number of aromatic nitrogens is 2. The number of hydrogen-bond acceptors (Lipinski definition) is 7. The molecule has 9 heteroatoms. The predicted octanol–water partition coefficient (Wildman–Crippen LogP) is 2.28. The van der Waals surface area contributed by atoms with Crippen molar-refractivity contribution >= 4 is 28.4 Å². The van der Waals surface area contributed by atoms with Crippen molar-refractivity contribution in [3.05, 3.63) is 34.4 Å². The summed E-state index contributed by atoms with van der Waals surface area (Å²) in [4.78, 5) is 42.1. The van der Waals surface area contributed by atoms with Crippen LogP contribution >= 0.6 is 0 Å². The maximum atomic E-state index is 13.5. The van der Waals surface area contributed by atoms with Crippen LogP contribution in [0.5, 0.6) is 0 Å². The van der Waals surface area contributed by atoms with Crippen LogP contribution in [-0.4, -0.2) is 53.2 Å². The highest BCUT2D eigenvalue weighted by atomic mass is 16.5. The van der Waals surface area contributed by atoms with Crippen LogP contribution < -0.4 is 21.5 Å². The van der Waals surface area contributed by atoms with E-state index in [0.717, 1.165) is 24.3 Å². The van der Waals surface area contributed by atoms with Gasteiger partial charge in [0.2, 0.25) is 11.8 Å². The third-order valence-corrected chi connectivity index (χ3v) is 8.90. The average molecular weight is 494 g/mol. The molecule has 2 amide bonds. The van der Waals surface area contributed by atoms with Crippen molar-refractivity contribution in [2.75, 3.05) is 31.6 Å². The van der Waals surface area contributed by atoms with Crippen molar-refractivity contribution in [3.63, 3.8) is 0 Å².